The molecule has 0 aliphatic carbocycles. The minimum Gasteiger partial charge on any atom is -0.445 e. The number of alkyl carbamates (subject to hydrolysis) is 1. The van der Waals surface area contributed by atoms with Crippen LogP contribution in [0.5, 0.6) is 0 Å². The molecule has 7 heteroatoms. The number of hydrogen-bond acceptors (Lipinski definition) is 4. The topological polar surface area (TPSA) is 98.5 Å². The molecule has 28 heavy (non-hydrogen) atoms. The number of ether oxygens (including phenoxy) is 1. The first kappa shape index (κ1) is 23.6. The van der Waals surface area contributed by atoms with E-state index in [4.69, 9.17) is 10.5 Å². The molecular weight excluding hydrogens is 363 g/mol. The molecule has 0 aliphatic heterocycles. The Bertz CT molecular complexity index is 622. The van der Waals surface area contributed by atoms with Crippen molar-refractivity contribution in [3.63, 3.8) is 0 Å². The van der Waals surface area contributed by atoms with Crippen LogP contribution in [0.4, 0.5) is 9.18 Å². The lowest BCUT2D eigenvalue weighted by Gasteiger charge is -2.28. The molecule has 1 aromatic rings. The Kier molecular flexibility index (Phi) is 10.8. The highest BCUT2D eigenvalue weighted by Crippen LogP contribution is 2.23. The molecule has 2 amide bonds. The summed E-state index contributed by atoms with van der Waals surface area (Å²) in [5.41, 5.74) is 6.37. The number of nitrogens with two attached hydrogens (primary N) is 1. The summed E-state index contributed by atoms with van der Waals surface area (Å²) < 4.78 is 17.4. The molecule has 1 aromatic carbocycles. The van der Waals surface area contributed by atoms with Crippen LogP contribution in [-0.4, -0.2) is 30.5 Å². The Labute approximate surface area is 166 Å². The minimum absolute atomic E-state index is 0.104. The van der Waals surface area contributed by atoms with Crippen molar-refractivity contribution in [1.29, 1.82) is 0 Å². The van der Waals surface area contributed by atoms with Gasteiger partial charge in [0, 0.05) is 6.42 Å². The molecule has 0 spiro atoms. The Balaban J connectivity index is 2.54. The Hall–Kier alpha value is -2.44. The number of ketones is 1. The van der Waals surface area contributed by atoms with Crippen LogP contribution in [0.25, 0.3) is 0 Å². The van der Waals surface area contributed by atoms with Gasteiger partial charge in [-0.2, -0.15) is 0 Å². The van der Waals surface area contributed by atoms with Crippen LogP contribution in [-0.2, 0) is 20.9 Å². The zero-order valence-corrected chi connectivity index (χ0v) is 16.7. The van der Waals surface area contributed by atoms with Crippen molar-refractivity contribution in [2.75, 3.05) is 6.67 Å². The first-order chi connectivity index (χ1) is 13.3. The molecule has 0 saturated heterocycles. The summed E-state index contributed by atoms with van der Waals surface area (Å²) in [6, 6.07) is 8.40. The van der Waals surface area contributed by atoms with E-state index in [2.05, 4.69) is 5.32 Å². The van der Waals surface area contributed by atoms with E-state index >= 15 is 0 Å². The van der Waals surface area contributed by atoms with Gasteiger partial charge in [0.15, 0.2) is 5.78 Å². The normalized spacial score (nSPS) is 13.0. The van der Waals surface area contributed by atoms with E-state index in [0.717, 1.165) is 18.4 Å². The largest absolute Gasteiger partial charge is 0.445 e. The van der Waals surface area contributed by atoms with E-state index in [1.165, 1.54) is 0 Å². The summed E-state index contributed by atoms with van der Waals surface area (Å²) in [7, 11) is 0. The molecule has 0 aliphatic rings. The zero-order valence-electron chi connectivity index (χ0n) is 16.7. The highest BCUT2D eigenvalue weighted by atomic mass is 19.1. The molecule has 1 rings (SSSR count). The second-order valence-corrected chi connectivity index (χ2v) is 7.27. The number of benzene rings is 1. The standard InChI is InChI=1S/C21H31FN2O4/c1-15(2)18(12-8-4-7-11-17(25)13-22)19(20(23)26)24-21(27)28-14-16-9-5-3-6-10-16/h3,5-6,9-10,15,18-19H,4,7-8,11-14H2,1-2H3,(H2,23,26)(H,24,27)/t18?,19-/m0/s1. The number of carbonyl (C=O) groups is 3. The van der Waals surface area contributed by atoms with E-state index in [0.29, 0.717) is 12.8 Å². The van der Waals surface area contributed by atoms with Gasteiger partial charge in [0.25, 0.3) is 0 Å². The predicted molar refractivity (Wildman–Crippen MR) is 105 cm³/mol. The van der Waals surface area contributed by atoms with Gasteiger partial charge in [-0.05, 0) is 30.2 Å². The number of carbonyl (C=O) groups excluding carboxylic acids is 3. The summed E-state index contributed by atoms with van der Waals surface area (Å²) in [6.07, 6.45) is 2.32. The van der Waals surface area contributed by atoms with Gasteiger partial charge in [0.05, 0.1) is 0 Å². The summed E-state index contributed by atoms with van der Waals surface area (Å²) >= 11 is 0. The van der Waals surface area contributed by atoms with Gasteiger partial charge >= 0.3 is 6.09 Å². The van der Waals surface area contributed by atoms with E-state index in [1.54, 1.807) is 0 Å². The van der Waals surface area contributed by atoms with E-state index in [-0.39, 0.29) is 24.9 Å². The number of Topliss-reactive ketones (excluding diaryl/α,β-unsaturated/α-hetero) is 1. The minimum atomic E-state index is -0.923. The second kappa shape index (κ2) is 12.9. The molecule has 156 valence electrons. The molecule has 1 unspecified atom stereocenters. The van der Waals surface area contributed by atoms with Gasteiger partial charge in [-0.1, -0.05) is 57.0 Å². The number of nitrogens with one attached hydrogen (secondary N) is 1. The van der Waals surface area contributed by atoms with Crippen LogP contribution in [0.2, 0.25) is 0 Å². The molecule has 2 atom stereocenters. The number of hydrogen-bond donors (Lipinski definition) is 2. The van der Waals surface area contributed by atoms with Gasteiger partial charge < -0.3 is 15.8 Å². The zero-order chi connectivity index (χ0) is 20.9. The van der Waals surface area contributed by atoms with Crippen LogP contribution in [0, 0.1) is 11.8 Å². The monoisotopic (exact) mass is 394 g/mol. The molecule has 6 nitrogen and oxygen atoms in total. The van der Waals surface area contributed by atoms with Gasteiger partial charge in [0.2, 0.25) is 5.91 Å². The summed E-state index contributed by atoms with van der Waals surface area (Å²) in [6.45, 7) is 3.11. The molecule has 0 heterocycles. The molecule has 0 radical (unpaired) electrons. The fourth-order valence-electron chi connectivity index (χ4n) is 3.11. The van der Waals surface area contributed by atoms with Gasteiger partial charge in [-0.15, -0.1) is 0 Å². The van der Waals surface area contributed by atoms with Crippen molar-refractivity contribution < 1.29 is 23.5 Å². The van der Waals surface area contributed by atoms with Crippen molar-refractivity contribution in [3.8, 4) is 0 Å². The number of rotatable bonds is 13. The molecule has 0 fully saturated rings. The summed E-state index contributed by atoms with van der Waals surface area (Å²) in [4.78, 5) is 35.1. The number of amides is 2. The van der Waals surface area contributed by atoms with Crippen molar-refractivity contribution in [1.82, 2.24) is 5.32 Å². The van der Waals surface area contributed by atoms with Crippen molar-refractivity contribution in [3.05, 3.63) is 35.9 Å². The number of unbranched alkanes of at least 4 members (excludes halogenated alkanes) is 2. The highest BCUT2D eigenvalue weighted by molar-refractivity contribution is 5.84. The lowest BCUT2D eigenvalue weighted by atomic mass is 9.83. The number of primary amides is 1. The maximum Gasteiger partial charge on any atom is 0.408 e. The fraction of sp³-hybridized carbons (Fsp3) is 0.571. The van der Waals surface area contributed by atoms with Crippen LogP contribution >= 0.6 is 0 Å². The number of halogens is 1. The first-order valence-corrected chi connectivity index (χ1v) is 9.69. The van der Waals surface area contributed by atoms with Crippen molar-refractivity contribution in [2.24, 2.45) is 17.6 Å². The quantitative estimate of drug-likeness (QED) is 0.500. The van der Waals surface area contributed by atoms with E-state index in [1.807, 2.05) is 44.2 Å². The van der Waals surface area contributed by atoms with Gasteiger partial charge in [-0.3, -0.25) is 9.59 Å². The van der Waals surface area contributed by atoms with Crippen molar-refractivity contribution >= 4 is 17.8 Å². The maximum absolute atomic E-state index is 12.2. The van der Waals surface area contributed by atoms with Gasteiger partial charge in [-0.25, -0.2) is 9.18 Å². The third-order valence-corrected chi connectivity index (χ3v) is 4.72. The van der Waals surface area contributed by atoms with E-state index < -0.39 is 30.5 Å². The molecule has 3 N–H and O–H groups in total. The van der Waals surface area contributed by atoms with Crippen LogP contribution < -0.4 is 11.1 Å². The molecule has 0 bridgehead atoms. The third-order valence-electron chi connectivity index (χ3n) is 4.72. The summed E-state index contributed by atoms with van der Waals surface area (Å²) in [5, 5.41) is 2.60. The van der Waals surface area contributed by atoms with Gasteiger partial charge in [0.1, 0.15) is 19.3 Å². The third kappa shape index (κ3) is 8.97. The average Bonchev–Trinajstić information content (AvgIpc) is 2.67. The predicted octanol–water partition coefficient (Wildman–Crippen LogP) is 3.53. The Morgan fingerprint density at radius 2 is 1.79 bits per heavy atom. The fourth-order valence-corrected chi connectivity index (χ4v) is 3.11. The summed E-state index contributed by atoms with van der Waals surface area (Å²) in [5.74, 6) is -1.04. The lowest BCUT2D eigenvalue weighted by Crippen LogP contribution is -2.50. The average molecular weight is 394 g/mol. The highest BCUT2D eigenvalue weighted by Gasteiger charge is 2.30. The van der Waals surface area contributed by atoms with Crippen LogP contribution in [0.15, 0.2) is 30.3 Å². The Morgan fingerprint density at radius 3 is 2.36 bits per heavy atom. The molecular formula is C21H31FN2O4. The van der Waals surface area contributed by atoms with E-state index in [9.17, 15) is 18.8 Å². The van der Waals surface area contributed by atoms with Crippen molar-refractivity contribution in [2.45, 2.75) is 58.6 Å². The lowest BCUT2D eigenvalue weighted by molar-refractivity contribution is -0.121. The number of alkyl halides is 1. The van der Waals surface area contributed by atoms with Crippen LogP contribution in [0.3, 0.4) is 0 Å². The molecule has 0 aromatic heterocycles. The van der Waals surface area contributed by atoms with Crippen LogP contribution in [0.1, 0.15) is 51.5 Å². The molecule has 0 saturated carbocycles. The second-order valence-electron chi connectivity index (χ2n) is 7.27. The maximum atomic E-state index is 12.2. The Morgan fingerprint density at radius 1 is 1.11 bits per heavy atom. The SMILES string of the molecule is CC(C)C(CCCCCC(=O)CF)[C@H](NC(=O)OCc1ccccc1)C(N)=O. The smallest absolute Gasteiger partial charge is 0.408 e. The first-order valence-electron chi connectivity index (χ1n) is 9.69.